The second-order valence-corrected chi connectivity index (χ2v) is 6.86. The van der Waals surface area contributed by atoms with Crippen LogP contribution in [0.15, 0.2) is 47.9 Å². The van der Waals surface area contributed by atoms with Crippen LogP contribution in [0, 0.1) is 0 Å². The maximum Gasteiger partial charge on any atom is 0.165 e. The quantitative estimate of drug-likeness (QED) is 0.882. The Bertz CT molecular complexity index is 526. The molecule has 0 radical (unpaired) electrons. The molecule has 0 spiro atoms. The second-order valence-electron chi connectivity index (χ2n) is 5.64. The lowest BCUT2D eigenvalue weighted by Crippen LogP contribution is -2.42. The van der Waals surface area contributed by atoms with Gasteiger partial charge >= 0.3 is 0 Å². The fourth-order valence-electron chi connectivity index (χ4n) is 3.24. The molecular weight excluding hydrogens is 278 g/mol. The van der Waals surface area contributed by atoms with E-state index in [0.29, 0.717) is 17.2 Å². The van der Waals surface area contributed by atoms with E-state index in [-0.39, 0.29) is 0 Å². The van der Waals surface area contributed by atoms with Crippen LogP contribution in [-0.2, 0) is 0 Å². The predicted octanol–water partition coefficient (Wildman–Crippen LogP) is 3.82. The minimum atomic E-state index is 0.579. The van der Waals surface area contributed by atoms with E-state index in [4.69, 9.17) is 0 Å². The van der Waals surface area contributed by atoms with E-state index >= 15 is 0 Å². The van der Waals surface area contributed by atoms with Crippen LogP contribution in [0.2, 0.25) is 0 Å². The lowest BCUT2D eigenvalue weighted by molar-refractivity contribution is 0.357. The van der Waals surface area contributed by atoms with Crippen LogP contribution in [0.4, 0.5) is 0 Å². The molecule has 1 aliphatic rings. The molecule has 0 bridgehead atoms. The first-order valence-electron chi connectivity index (χ1n) is 7.81. The van der Waals surface area contributed by atoms with Gasteiger partial charge in [-0.3, -0.25) is 0 Å². The number of benzene rings is 1. The molecular formula is C17H23N3S. The highest BCUT2D eigenvalue weighted by molar-refractivity contribution is 7.99. The van der Waals surface area contributed by atoms with Crippen LogP contribution in [-0.4, -0.2) is 27.8 Å². The van der Waals surface area contributed by atoms with E-state index in [1.807, 2.05) is 24.2 Å². The molecule has 3 unspecified atom stereocenters. The maximum atomic E-state index is 4.38. The maximum absolute atomic E-state index is 4.38. The molecule has 2 aromatic rings. The molecule has 1 saturated carbocycles. The zero-order valence-corrected chi connectivity index (χ0v) is 13.3. The summed E-state index contributed by atoms with van der Waals surface area (Å²) in [5.74, 6) is 0.675. The molecule has 1 fully saturated rings. The first kappa shape index (κ1) is 14.7. The number of hydrogen-bond acceptors (Lipinski definition) is 3. The summed E-state index contributed by atoms with van der Waals surface area (Å²) in [6, 6.07) is 11.5. The highest BCUT2D eigenvalue weighted by Crippen LogP contribution is 2.39. The van der Waals surface area contributed by atoms with Crippen molar-refractivity contribution in [1.29, 1.82) is 0 Å². The first-order chi connectivity index (χ1) is 10.4. The van der Waals surface area contributed by atoms with E-state index in [1.54, 1.807) is 0 Å². The molecule has 112 valence electrons. The van der Waals surface area contributed by atoms with Gasteiger partial charge in [0.05, 0.1) is 0 Å². The Hall–Kier alpha value is -1.26. The van der Waals surface area contributed by atoms with Gasteiger partial charge in [0.1, 0.15) is 0 Å². The fraction of sp³-hybridized carbons (Fsp3) is 0.471. The topological polar surface area (TPSA) is 40.7 Å². The molecule has 1 aromatic carbocycles. The second kappa shape index (κ2) is 7.14. The van der Waals surface area contributed by atoms with Gasteiger partial charge in [-0.1, -0.05) is 49.0 Å². The molecule has 1 aliphatic carbocycles. The number of thioether (sulfide) groups is 1. The van der Waals surface area contributed by atoms with E-state index in [9.17, 15) is 0 Å². The normalized spacial score (nSPS) is 25.9. The van der Waals surface area contributed by atoms with Crippen LogP contribution < -0.4 is 5.32 Å². The third kappa shape index (κ3) is 3.69. The number of imidazole rings is 1. The standard InChI is InChI=1S/C17H23N3S/c1-2-18-15-9-8-14(13-6-4-3-5-7-13)12-16(15)21-17-19-10-11-20-17/h3-7,10-11,14-16,18H,2,8-9,12H2,1H3,(H,19,20). The van der Waals surface area contributed by atoms with Crippen molar-refractivity contribution < 1.29 is 0 Å². The summed E-state index contributed by atoms with van der Waals surface area (Å²) in [6.07, 6.45) is 7.47. The first-order valence-corrected chi connectivity index (χ1v) is 8.69. The lowest BCUT2D eigenvalue weighted by Gasteiger charge is -2.36. The molecule has 0 saturated heterocycles. The molecule has 4 heteroatoms. The predicted molar refractivity (Wildman–Crippen MR) is 88.7 cm³/mol. The number of rotatable bonds is 5. The van der Waals surface area contributed by atoms with E-state index < -0.39 is 0 Å². The van der Waals surface area contributed by atoms with E-state index in [1.165, 1.54) is 24.8 Å². The minimum Gasteiger partial charge on any atom is -0.340 e. The van der Waals surface area contributed by atoms with Crippen molar-refractivity contribution in [2.45, 2.75) is 48.6 Å². The van der Waals surface area contributed by atoms with Crippen molar-refractivity contribution in [3.05, 3.63) is 48.3 Å². The summed E-state index contributed by atoms with van der Waals surface area (Å²) in [4.78, 5) is 7.61. The van der Waals surface area contributed by atoms with Crippen molar-refractivity contribution in [2.24, 2.45) is 0 Å². The highest BCUT2D eigenvalue weighted by Gasteiger charge is 2.31. The molecule has 3 rings (SSSR count). The van der Waals surface area contributed by atoms with Crippen molar-refractivity contribution in [1.82, 2.24) is 15.3 Å². The van der Waals surface area contributed by atoms with Crippen LogP contribution in [0.3, 0.4) is 0 Å². The Labute approximate surface area is 131 Å². The average Bonchev–Trinajstić information content (AvgIpc) is 3.03. The summed E-state index contributed by atoms with van der Waals surface area (Å²) in [6.45, 7) is 3.23. The summed E-state index contributed by atoms with van der Waals surface area (Å²) >= 11 is 1.89. The van der Waals surface area contributed by atoms with Crippen LogP contribution in [0.25, 0.3) is 0 Å². The van der Waals surface area contributed by atoms with E-state index in [0.717, 1.165) is 11.7 Å². The third-order valence-electron chi connectivity index (χ3n) is 4.27. The summed E-state index contributed by atoms with van der Waals surface area (Å²) in [5.41, 5.74) is 1.48. The van der Waals surface area contributed by atoms with Crippen LogP contribution >= 0.6 is 11.8 Å². The van der Waals surface area contributed by atoms with E-state index in [2.05, 4.69) is 52.5 Å². The molecule has 1 aromatic heterocycles. The zero-order chi connectivity index (χ0) is 14.5. The summed E-state index contributed by atoms with van der Waals surface area (Å²) < 4.78 is 0. The van der Waals surface area contributed by atoms with Crippen molar-refractivity contribution in [3.63, 3.8) is 0 Å². The van der Waals surface area contributed by atoms with Crippen molar-refractivity contribution >= 4 is 11.8 Å². The molecule has 1 heterocycles. The molecule has 0 aliphatic heterocycles. The van der Waals surface area contributed by atoms with Gasteiger partial charge in [0.15, 0.2) is 5.16 Å². The van der Waals surface area contributed by atoms with Gasteiger partial charge in [0.25, 0.3) is 0 Å². The van der Waals surface area contributed by atoms with Crippen LogP contribution in [0.1, 0.15) is 37.7 Å². The Morgan fingerprint density at radius 2 is 2.14 bits per heavy atom. The van der Waals surface area contributed by atoms with Crippen LogP contribution in [0.5, 0.6) is 0 Å². The minimum absolute atomic E-state index is 0.579. The molecule has 3 nitrogen and oxygen atoms in total. The highest BCUT2D eigenvalue weighted by atomic mass is 32.2. The van der Waals surface area contributed by atoms with Crippen molar-refractivity contribution in [2.75, 3.05) is 6.54 Å². The SMILES string of the molecule is CCNC1CCC(c2ccccc2)CC1Sc1ncc[nH]1. The van der Waals surface area contributed by atoms with Crippen molar-refractivity contribution in [3.8, 4) is 0 Å². The Balaban J connectivity index is 1.72. The Morgan fingerprint density at radius 3 is 2.86 bits per heavy atom. The van der Waals surface area contributed by atoms with Gasteiger partial charge in [-0.25, -0.2) is 4.98 Å². The summed E-state index contributed by atoms with van der Waals surface area (Å²) in [7, 11) is 0. The zero-order valence-electron chi connectivity index (χ0n) is 12.5. The Morgan fingerprint density at radius 1 is 1.29 bits per heavy atom. The number of hydrogen-bond donors (Lipinski definition) is 2. The molecule has 2 N–H and O–H groups in total. The number of aromatic amines is 1. The van der Waals surface area contributed by atoms with Gasteiger partial charge < -0.3 is 10.3 Å². The molecule has 21 heavy (non-hydrogen) atoms. The summed E-state index contributed by atoms with van der Waals surface area (Å²) in [5, 5.41) is 5.27. The number of nitrogens with one attached hydrogen (secondary N) is 2. The van der Waals surface area contributed by atoms with Gasteiger partial charge in [0.2, 0.25) is 0 Å². The lowest BCUT2D eigenvalue weighted by atomic mass is 9.81. The third-order valence-corrected chi connectivity index (χ3v) is 5.54. The van der Waals surface area contributed by atoms with Gasteiger partial charge in [-0.2, -0.15) is 0 Å². The average molecular weight is 301 g/mol. The number of H-pyrrole nitrogens is 1. The number of aromatic nitrogens is 2. The van der Waals surface area contributed by atoms with Gasteiger partial charge in [0, 0.05) is 23.7 Å². The van der Waals surface area contributed by atoms with Gasteiger partial charge in [-0.05, 0) is 37.3 Å². The number of nitrogens with zero attached hydrogens (tertiary/aromatic N) is 1. The smallest absolute Gasteiger partial charge is 0.165 e. The Kier molecular flexibility index (Phi) is 4.99. The molecule has 3 atom stereocenters. The fourth-order valence-corrected chi connectivity index (χ4v) is 4.51. The molecule has 0 amide bonds. The van der Waals surface area contributed by atoms with Gasteiger partial charge in [-0.15, -0.1) is 0 Å². The monoisotopic (exact) mass is 301 g/mol. The largest absolute Gasteiger partial charge is 0.340 e.